The predicted molar refractivity (Wildman–Crippen MR) is 59.9 cm³/mol. The zero-order chi connectivity index (χ0) is 10.1. The monoisotopic (exact) mass is 217 g/mol. The van der Waals surface area contributed by atoms with E-state index in [2.05, 4.69) is 26.7 Å². The molecular weight excluding hydrogens is 206 g/mol. The molecule has 3 heterocycles. The molecule has 0 aromatic carbocycles. The maximum Gasteiger partial charge on any atom is 0.115 e. The summed E-state index contributed by atoms with van der Waals surface area (Å²) < 4.78 is 0. The van der Waals surface area contributed by atoms with Crippen molar-refractivity contribution in [1.29, 1.82) is 0 Å². The highest BCUT2D eigenvalue weighted by atomic mass is 32.1. The van der Waals surface area contributed by atoms with E-state index in [1.54, 1.807) is 6.33 Å². The van der Waals surface area contributed by atoms with Crippen molar-refractivity contribution >= 4 is 11.3 Å². The first-order valence-electron chi connectivity index (χ1n) is 5.00. The third kappa shape index (κ3) is 1.56. The lowest BCUT2D eigenvalue weighted by Crippen LogP contribution is -2.29. The summed E-state index contributed by atoms with van der Waals surface area (Å²) in [5.41, 5.74) is 2.62. The van der Waals surface area contributed by atoms with Gasteiger partial charge >= 0.3 is 0 Å². The first-order chi connectivity index (χ1) is 7.45. The summed E-state index contributed by atoms with van der Waals surface area (Å²) in [7, 11) is 0. The highest BCUT2D eigenvalue weighted by molar-refractivity contribution is 7.10. The van der Waals surface area contributed by atoms with Crippen molar-refractivity contribution in [2.45, 2.75) is 12.5 Å². The molecule has 4 heteroatoms. The van der Waals surface area contributed by atoms with E-state index in [4.69, 9.17) is 0 Å². The Labute approximate surface area is 92.2 Å². The number of thiophene rings is 1. The van der Waals surface area contributed by atoms with Crippen LogP contribution in [-0.4, -0.2) is 16.5 Å². The molecule has 1 atom stereocenters. The number of nitrogens with zero attached hydrogens (tertiary/aromatic N) is 2. The van der Waals surface area contributed by atoms with Crippen LogP contribution in [-0.2, 0) is 6.42 Å². The Hall–Kier alpha value is -1.26. The molecule has 0 amide bonds. The molecule has 0 aliphatic carbocycles. The summed E-state index contributed by atoms with van der Waals surface area (Å²) >= 11 is 1.81. The van der Waals surface area contributed by atoms with Gasteiger partial charge in [0, 0.05) is 29.4 Å². The number of hydrogen-bond acceptors (Lipinski definition) is 4. The van der Waals surface area contributed by atoms with Gasteiger partial charge in [0.1, 0.15) is 6.33 Å². The number of hydrogen-bond donors (Lipinski definition) is 1. The van der Waals surface area contributed by atoms with E-state index in [-0.39, 0.29) is 6.04 Å². The molecule has 0 bridgehead atoms. The zero-order valence-electron chi connectivity index (χ0n) is 8.18. The van der Waals surface area contributed by atoms with E-state index in [0.29, 0.717) is 0 Å². The minimum atomic E-state index is 0.287. The maximum atomic E-state index is 4.07. The number of fused-ring (bicyclic) bond motifs is 1. The molecule has 1 aliphatic rings. The molecule has 76 valence electrons. The van der Waals surface area contributed by atoms with Crippen LogP contribution in [0.25, 0.3) is 0 Å². The van der Waals surface area contributed by atoms with Crippen molar-refractivity contribution in [3.05, 3.63) is 46.2 Å². The Morgan fingerprint density at radius 3 is 3.07 bits per heavy atom. The molecule has 0 radical (unpaired) electrons. The van der Waals surface area contributed by atoms with Crippen molar-refractivity contribution in [3.63, 3.8) is 0 Å². The van der Waals surface area contributed by atoms with Crippen LogP contribution in [0.2, 0.25) is 0 Å². The molecule has 2 aromatic rings. The molecule has 0 saturated heterocycles. The van der Waals surface area contributed by atoms with Gasteiger partial charge in [-0.1, -0.05) is 0 Å². The number of aromatic nitrogens is 2. The van der Waals surface area contributed by atoms with Gasteiger partial charge < -0.3 is 5.32 Å². The molecule has 2 aromatic heterocycles. The summed E-state index contributed by atoms with van der Waals surface area (Å²) in [5, 5.41) is 5.67. The third-order valence-corrected chi connectivity index (χ3v) is 3.72. The fourth-order valence-electron chi connectivity index (χ4n) is 1.98. The van der Waals surface area contributed by atoms with Gasteiger partial charge in [0.15, 0.2) is 0 Å². The molecule has 0 fully saturated rings. The second-order valence-electron chi connectivity index (χ2n) is 3.62. The highest BCUT2D eigenvalue weighted by Crippen LogP contribution is 2.31. The number of rotatable bonds is 1. The average Bonchev–Trinajstić information content (AvgIpc) is 2.78. The van der Waals surface area contributed by atoms with E-state index in [1.807, 2.05) is 23.7 Å². The van der Waals surface area contributed by atoms with Crippen molar-refractivity contribution < 1.29 is 0 Å². The van der Waals surface area contributed by atoms with Gasteiger partial charge in [0.2, 0.25) is 0 Å². The van der Waals surface area contributed by atoms with Crippen LogP contribution in [0, 0.1) is 0 Å². The maximum absolute atomic E-state index is 4.07. The fraction of sp³-hybridized carbons (Fsp3) is 0.273. The first-order valence-corrected chi connectivity index (χ1v) is 5.87. The minimum Gasteiger partial charge on any atom is -0.305 e. The van der Waals surface area contributed by atoms with Crippen molar-refractivity contribution in [2.75, 3.05) is 6.54 Å². The normalized spacial score (nSPS) is 19.9. The van der Waals surface area contributed by atoms with E-state index in [9.17, 15) is 0 Å². The molecule has 3 nitrogen and oxygen atoms in total. The fourth-order valence-corrected chi connectivity index (χ4v) is 3.04. The topological polar surface area (TPSA) is 37.8 Å². The predicted octanol–water partition coefficient (Wildman–Crippen LogP) is 1.77. The first kappa shape index (κ1) is 9.00. The second kappa shape index (κ2) is 3.72. The van der Waals surface area contributed by atoms with Crippen molar-refractivity contribution in [3.8, 4) is 0 Å². The van der Waals surface area contributed by atoms with E-state index >= 15 is 0 Å². The molecule has 1 unspecified atom stereocenters. The molecule has 3 rings (SSSR count). The van der Waals surface area contributed by atoms with Crippen LogP contribution < -0.4 is 5.32 Å². The van der Waals surface area contributed by atoms with E-state index in [0.717, 1.165) is 18.5 Å². The Bertz CT molecular complexity index is 452. The Balaban J connectivity index is 2.03. The molecule has 0 spiro atoms. The average molecular weight is 217 g/mol. The van der Waals surface area contributed by atoms with Crippen LogP contribution in [0.15, 0.2) is 30.2 Å². The van der Waals surface area contributed by atoms with Gasteiger partial charge in [0.05, 0.1) is 6.04 Å². The number of nitrogens with one attached hydrogen (secondary N) is 1. The molecule has 1 aliphatic heterocycles. The Morgan fingerprint density at radius 1 is 1.33 bits per heavy atom. The standard InChI is InChI=1S/C11H11N3S/c1-3-14-10(9-5-12-7-13-6-9)11-8(1)2-4-15-11/h2,4-7,10,14H,1,3H2. The third-order valence-electron chi connectivity index (χ3n) is 2.70. The van der Waals surface area contributed by atoms with Crippen LogP contribution >= 0.6 is 11.3 Å². The SMILES string of the molecule is c1ncc(C2NCCc3ccsc32)cn1. The summed E-state index contributed by atoms with van der Waals surface area (Å²) in [6.45, 7) is 1.03. The largest absolute Gasteiger partial charge is 0.305 e. The molecular formula is C11H11N3S. The van der Waals surface area contributed by atoms with Gasteiger partial charge in [-0.25, -0.2) is 9.97 Å². The quantitative estimate of drug-likeness (QED) is 0.791. The van der Waals surface area contributed by atoms with E-state index in [1.165, 1.54) is 10.4 Å². The second-order valence-corrected chi connectivity index (χ2v) is 4.57. The summed E-state index contributed by atoms with van der Waals surface area (Å²) in [4.78, 5) is 9.55. The zero-order valence-corrected chi connectivity index (χ0v) is 9.00. The van der Waals surface area contributed by atoms with Crippen LogP contribution in [0.5, 0.6) is 0 Å². The minimum absolute atomic E-state index is 0.287. The van der Waals surface area contributed by atoms with Crippen LogP contribution in [0.1, 0.15) is 22.0 Å². The van der Waals surface area contributed by atoms with Gasteiger partial charge in [0.25, 0.3) is 0 Å². The van der Waals surface area contributed by atoms with Crippen molar-refractivity contribution in [2.24, 2.45) is 0 Å². The molecule has 0 saturated carbocycles. The Kier molecular flexibility index (Phi) is 2.23. The van der Waals surface area contributed by atoms with E-state index < -0.39 is 0 Å². The Morgan fingerprint density at radius 2 is 2.20 bits per heavy atom. The van der Waals surface area contributed by atoms with Gasteiger partial charge in [-0.15, -0.1) is 11.3 Å². The molecule has 15 heavy (non-hydrogen) atoms. The summed E-state index contributed by atoms with van der Waals surface area (Å²) in [6, 6.07) is 2.51. The van der Waals surface area contributed by atoms with Crippen molar-refractivity contribution in [1.82, 2.24) is 15.3 Å². The molecule has 1 N–H and O–H groups in total. The van der Waals surface area contributed by atoms with Crippen LogP contribution in [0.4, 0.5) is 0 Å². The lowest BCUT2D eigenvalue weighted by atomic mass is 10.00. The lowest BCUT2D eigenvalue weighted by molar-refractivity contribution is 0.575. The highest BCUT2D eigenvalue weighted by Gasteiger charge is 2.22. The van der Waals surface area contributed by atoms with Crippen LogP contribution in [0.3, 0.4) is 0 Å². The lowest BCUT2D eigenvalue weighted by Gasteiger charge is -2.23. The smallest absolute Gasteiger partial charge is 0.115 e. The van der Waals surface area contributed by atoms with Gasteiger partial charge in [-0.3, -0.25) is 0 Å². The summed E-state index contributed by atoms with van der Waals surface area (Å²) in [5.74, 6) is 0. The van der Waals surface area contributed by atoms with Gasteiger partial charge in [-0.2, -0.15) is 0 Å². The summed E-state index contributed by atoms with van der Waals surface area (Å²) in [6.07, 6.45) is 6.48. The van der Waals surface area contributed by atoms with Gasteiger partial charge in [-0.05, 0) is 23.4 Å².